The van der Waals surface area contributed by atoms with Crippen LogP contribution in [0.2, 0.25) is 10.0 Å². The predicted octanol–water partition coefficient (Wildman–Crippen LogP) is 3.27. The standard InChI is InChI=1S/C21H25Cl2N5O2/c22-16-3-2-15(10-17(16)23)12-27-9-6-21(13-27)5-1-8-28(14-21)20(30)25-11-18-24-7-4-19(29)26-18/h2-4,7,10H,1,5-6,8-9,11-14H2,(H,25,30)(H,24,26,29). The number of rotatable bonds is 4. The largest absolute Gasteiger partial charge is 0.331 e. The molecule has 2 N–H and O–H groups in total. The normalized spacial score (nSPS) is 21.9. The van der Waals surface area contributed by atoms with Crippen LogP contribution in [0.15, 0.2) is 35.3 Å². The minimum Gasteiger partial charge on any atom is -0.331 e. The summed E-state index contributed by atoms with van der Waals surface area (Å²) in [7, 11) is 0. The lowest BCUT2D eigenvalue weighted by Gasteiger charge is -2.40. The van der Waals surface area contributed by atoms with Crippen molar-refractivity contribution in [2.24, 2.45) is 5.41 Å². The molecule has 2 amide bonds. The molecular weight excluding hydrogens is 425 g/mol. The van der Waals surface area contributed by atoms with Crippen LogP contribution >= 0.6 is 23.2 Å². The third-order valence-corrected chi connectivity index (χ3v) is 6.73. The number of nitrogens with zero attached hydrogens (tertiary/aromatic N) is 3. The molecule has 4 rings (SSSR count). The summed E-state index contributed by atoms with van der Waals surface area (Å²) in [6.07, 6.45) is 4.64. The summed E-state index contributed by atoms with van der Waals surface area (Å²) < 4.78 is 0. The molecule has 2 aliphatic heterocycles. The molecule has 0 saturated carbocycles. The Labute approximate surface area is 185 Å². The smallest absolute Gasteiger partial charge is 0.317 e. The number of benzene rings is 1. The topological polar surface area (TPSA) is 81.3 Å². The number of carbonyl (C=O) groups excluding carboxylic acids is 1. The number of aromatic amines is 1. The lowest BCUT2D eigenvalue weighted by Crippen LogP contribution is -2.50. The van der Waals surface area contributed by atoms with Crippen LogP contribution in [0.3, 0.4) is 0 Å². The molecule has 160 valence electrons. The second-order valence-corrected chi connectivity index (χ2v) is 9.09. The van der Waals surface area contributed by atoms with Gasteiger partial charge in [-0.25, -0.2) is 9.78 Å². The number of piperidine rings is 1. The van der Waals surface area contributed by atoms with E-state index in [1.807, 2.05) is 23.1 Å². The van der Waals surface area contributed by atoms with E-state index in [2.05, 4.69) is 20.2 Å². The van der Waals surface area contributed by atoms with Gasteiger partial charge in [0.15, 0.2) is 0 Å². The van der Waals surface area contributed by atoms with E-state index in [0.29, 0.717) is 15.9 Å². The Hall–Kier alpha value is -2.09. The molecule has 1 atom stereocenters. The molecule has 1 aromatic carbocycles. The molecule has 2 aliphatic rings. The van der Waals surface area contributed by atoms with Gasteiger partial charge in [0, 0.05) is 43.9 Å². The summed E-state index contributed by atoms with van der Waals surface area (Å²) in [6.45, 7) is 4.50. The molecule has 2 aromatic rings. The number of hydrogen-bond donors (Lipinski definition) is 2. The van der Waals surface area contributed by atoms with E-state index < -0.39 is 0 Å². The maximum Gasteiger partial charge on any atom is 0.317 e. The van der Waals surface area contributed by atoms with Gasteiger partial charge in [-0.05, 0) is 43.5 Å². The molecule has 1 aromatic heterocycles. The van der Waals surface area contributed by atoms with Gasteiger partial charge >= 0.3 is 6.03 Å². The number of amides is 2. The van der Waals surface area contributed by atoms with E-state index in [-0.39, 0.29) is 23.6 Å². The zero-order valence-corrected chi connectivity index (χ0v) is 18.2. The van der Waals surface area contributed by atoms with E-state index in [0.717, 1.165) is 57.5 Å². The summed E-state index contributed by atoms with van der Waals surface area (Å²) in [5, 5.41) is 4.03. The van der Waals surface area contributed by atoms with E-state index in [4.69, 9.17) is 23.2 Å². The lowest BCUT2D eigenvalue weighted by molar-refractivity contribution is 0.107. The maximum atomic E-state index is 12.7. The van der Waals surface area contributed by atoms with Crippen LogP contribution in [0, 0.1) is 5.41 Å². The molecule has 1 spiro atoms. The number of halogens is 2. The van der Waals surface area contributed by atoms with Gasteiger partial charge in [-0.1, -0.05) is 29.3 Å². The maximum absolute atomic E-state index is 12.7. The van der Waals surface area contributed by atoms with Crippen LogP contribution < -0.4 is 10.9 Å². The number of urea groups is 1. The Morgan fingerprint density at radius 1 is 1.17 bits per heavy atom. The van der Waals surface area contributed by atoms with Gasteiger partial charge in [-0.15, -0.1) is 0 Å². The molecule has 2 fully saturated rings. The van der Waals surface area contributed by atoms with Crippen molar-refractivity contribution < 1.29 is 4.79 Å². The van der Waals surface area contributed by atoms with Gasteiger partial charge in [0.25, 0.3) is 5.56 Å². The second kappa shape index (κ2) is 8.96. The van der Waals surface area contributed by atoms with E-state index in [9.17, 15) is 9.59 Å². The summed E-state index contributed by atoms with van der Waals surface area (Å²) in [5.74, 6) is 0.455. The van der Waals surface area contributed by atoms with Gasteiger partial charge in [0.2, 0.25) is 0 Å². The van der Waals surface area contributed by atoms with Crippen LogP contribution in [0.1, 0.15) is 30.7 Å². The van der Waals surface area contributed by atoms with Crippen LogP contribution in [0.25, 0.3) is 0 Å². The third-order valence-electron chi connectivity index (χ3n) is 5.99. The highest BCUT2D eigenvalue weighted by atomic mass is 35.5. The molecular formula is C21H25Cl2N5O2. The van der Waals surface area contributed by atoms with Crippen molar-refractivity contribution in [1.82, 2.24) is 25.1 Å². The molecule has 3 heterocycles. The molecule has 0 aliphatic carbocycles. The SMILES string of the molecule is O=C(NCc1nccc(=O)[nH]1)N1CCCC2(CCN(Cc3ccc(Cl)c(Cl)c3)C2)C1. The monoisotopic (exact) mass is 449 g/mol. The Kier molecular flexibility index (Phi) is 6.32. The molecule has 1 unspecified atom stereocenters. The minimum absolute atomic E-state index is 0.108. The molecule has 7 nitrogen and oxygen atoms in total. The Bertz CT molecular complexity index is 982. The molecule has 30 heavy (non-hydrogen) atoms. The van der Waals surface area contributed by atoms with Crippen LogP contribution in [0.4, 0.5) is 4.79 Å². The highest BCUT2D eigenvalue weighted by Crippen LogP contribution is 2.39. The quantitative estimate of drug-likeness (QED) is 0.750. The van der Waals surface area contributed by atoms with Crippen molar-refractivity contribution >= 4 is 29.2 Å². The molecule has 0 bridgehead atoms. The lowest BCUT2D eigenvalue weighted by atomic mass is 9.79. The van der Waals surface area contributed by atoms with Crippen molar-refractivity contribution in [2.45, 2.75) is 32.4 Å². The van der Waals surface area contributed by atoms with E-state index >= 15 is 0 Å². The predicted molar refractivity (Wildman–Crippen MR) is 117 cm³/mol. The Morgan fingerprint density at radius 3 is 2.83 bits per heavy atom. The van der Waals surface area contributed by atoms with Crippen LogP contribution in [-0.2, 0) is 13.1 Å². The number of hydrogen-bond acceptors (Lipinski definition) is 4. The average molecular weight is 450 g/mol. The number of nitrogens with one attached hydrogen (secondary N) is 2. The minimum atomic E-state index is -0.223. The first-order valence-corrected chi connectivity index (χ1v) is 10.9. The van der Waals surface area contributed by atoms with Crippen molar-refractivity contribution in [1.29, 1.82) is 0 Å². The molecule has 2 saturated heterocycles. The number of aromatic nitrogens is 2. The summed E-state index contributed by atoms with van der Waals surface area (Å²) in [6, 6.07) is 7.03. The van der Waals surface area contributed by atoms with E-state index in [1.54, 1.807) is 0 Å². The highest BCUT2D eigenvalue weighted by molar-refractivity contribution is 6.42. The van der Waals surface area contributed by atoms with Crippen LogP contribution in [-0.4, -0.2) is 52.0 Å². The highest BCUT2D eigenvalue weighted by Gasteiger charge is 2.42. The molecule has 9 heteroatoms. The summed E-state index contributed by atoms with van der Waals surface area (Å²) in [5.41, 5.74) is 1.06. The van der Waals surface area contributed by atoms with Crippen molar-refractivity contribution in [2.75, 3.05) is 26.2 Å². The first kappa shape index (κ1) is 21.2. The fraction of sp³-hybridized carbons (Fsp3) is 0.476. The third kappa shape index (κ3) is 4.96. The van der Waals surface area contributed by atoms with Crippen molar-refractivity contribution in [3.63, 3.8) is 0 Å². The average Bonchev–Trinajstić information content (AvgIpc) is 3.10. The van der Waals surface area contributed by atoms with Gasteiger partial charge in [-0.3, -0.25) is 9.69 Å². The number of H-pyrrole nitrogens is 1. The van der Waals surface area contributed by atoms with E-state index in [1.165, 1.54) is 12.3 Å². The van der Waals surface area contributed by atoms with Gasteiger partial charge in [0.1, 0.15) is 5.82 Å². The van der Waals surface area contributed by atoms with Crippen molar-refractivity contribution in [3.05, 3.63) is 62.2 Å². The van der Waals surface area contributed by atoms with Crippen molar-refractivity contribution in [3.8, 4) is 0 Å². The zero-order valence-electron chi connectivity index (χ0n) is 16.7. The zero-order chi connectivity index (χ0) is 21.1. The fourth-order valence-electron chi connectivity index (χ4n) is 4.55. The first-order valence-electron chi connectivity index (χ1n) is 10.2. The first-order chi connectivity index (χ1) is 14.4. The van der Waals surface area contributed by atoms with Gasteiger partial charge < -0.3 is 15.2 Å². The van der Waals surface area contributed by atoms with Gasteiger partial charge in [0.05, 0.1) is 16.6 Å². The Morgan fingerprint density at radius 2 is 2.03 bits per heavy atom. The second-order valence-electron chi connectivity index (χ2n) is 8.27. The van der Waals surface area contributed by atoms with Crippen LogP contribution in [0.5, 0.6) is 0 Å². The summed E-state index contributed by atoms with van der Waals surface area (Å²) in [4.78, 5) is 35.1. The fourth-order valence-corrected chi connectivity index (χ4v) is 4.87. The summed E-state index contributed by atoms with van der Waals surface area (Å²) >= 11 is 12.2. The Balaban J connectivity index is 1.33. The van der Waals surface area contributed by atoms with Gasteiger partial charge in [-0.2, -0.15) is 0 Å². The number of likely N-dealkylation sites (tertiary alicyclic amines) is 2. The number of carbonyl (C=O) groups is 1. The molecule has 0 radical (unpaired) electrons.